The fourth-order valence-electron chi connectivity index (χ4n) is 3.28. The average Bonchev–Trinajstić information content (AvgIpc) is 2.52. The van der Waals surface area contributed by atoms with Gasteiger partial charge in [-0.1, -0.05) is 57.6 Å². The highest BCUT2D eigenvalue weighted by Gasteiger charge is 2.42. The van der Waals surface area contributed by atoms with E-state index in [2.05, 4.69) is 6.92 Å². The normalized spacial score (nSPS) is 13.6. The van der Waals surface area contributed by atoms with Gasteiger partial charge in [0, 0.05) is 0 Å². The summed E-state index contributed by atoms with van der Waals surface area (Å²) in [5, 5.41) is 11.2. The van der Waals surface area contributed by atoms with E-state index in [4.69, 9.17) is 9.47 Å². The van der Waals surface area contributed by atoms with Crippen LogP contribution in [0.1, 0.15) is 91.0 Å². The molecular formula is C22H37FO3. The summed E-state index contributed by atoms with van der Waals surface area (Å²) in [5.41, 5.74) is 0.711. The Kier molecular flexibility index (Phi) is 10.4. The summed E-state index contributed by atoms with van der Waals surface area (Å²) >= 11 is 0. The van der Waals surface area contributed by atoms with Crippen LogP contribution in [0.2, 0.25) is 0 Å². The van der Waals surface area contributed by atoms with Gasteiger partial charge in [-0.25, -0.2) is 4.39 Å². The van der Waals surface area contributed by atoms with Gasteiger partial charge in [-0.2, -0.15) is 0 Å². The first-order valence-corrected chi connectivity index (χ1v) is 10.1. The van der Waals surface area contributed by atoms with E-state index in [-0.39, 0.29) is 18.0 Å². The fraction of sp³-hybridized carbons (Fsp3) is 0.727. The minimum absolute atomic E-state index is 0.209. The van der Waals surface area contributed by atoms with E-state index in [0.717, 1.165) is 12.8 Å². The molecular weight excluding hydrogens is 331 g/mol. The van der Waals surface area contributed by atoms with Crippen LogP contribution in [-0.2, 0) is 9.47 Å². The van der Waals surface area contributed by atoms with Gasteiger partial charge in [-0.05, 0) is 51.8 Å². The largest absolute Gasteiger partial charge is 0.343 e. The Balaban J connectivity index is 2.96. The molecule has 0 aliphatic carbocycles. The second-order valence-electron chi connectivity index (χ2n) is 7.63. The maximum absolute atomic E-state index is 13.8. The Hall–Kier alpha value is -0.970. The van der Waals surface area contributed by atoms with Crippen LogP contribution < -0.4 is 0 Å². The van der Waals surface area contributed by atoms with E-state index in [1.807, 2.05) is 33.8 Å². The third-order valence-electron chi connectivity index (χ3n) is 4.35. The molecule has 26 heavy (non-hydrogen) atoms. The van der Waals surface area contributed by atoms with E-state index >= 15 is 0 Å². The molecule has 1 unspecified atom stereocenters. The summed E-state index contributed by atoms with van der Waals surface area (Å²) in [5.74, 6) is -2.51. The second-order valence-corrected chi connectivity index (χ2v) is 7.63. The van der Waals surface area contributed by atoms with Crippen LogP contribution in [0, 0.1) is 5.82 Å². The highest BCUT2D eigenvalue weighted by molar-refractivity contribution is 5.22. The molecule has 0 heterocycles. The Morgan fingerprint density at radius 1 is 0.962 bits per heavy atom. The van der Waals surface area contributed by atoms with Crippen molar-refractivity contribution in [2.45, 2.75) is 104 Å². The van der Waals surface area contributed by atoms with Crippen LogP contribution in [0.4, 0.5) is 4.39 Å². The molecule has 0 aliphatic heterocycles. The lowest BCUT2D eigenvalue weighted by Crippen LogP contribution is -2.45. The average molecular weight is 369 g/mol. The quantitative estimate of drug-likeness (QED) is 0.335. The van der Waals surface area contributed by atoms with E-state index in [1.54, 1.807) is 6.07 Å². The summed E-state index contributed by atoms with van der Waals surface area (Å²) in [4.78, 5) is 0. The van der Waals surface area contributed by atoms with Gasteiger partial charge in [0.2, 0.25) is 0 Å². The van der Waals surface area contributed by atoms with Crippen LogP contribution >= 0.6 is 0 Å². The highest BCUT2D eigenvalue weighted by atomic mass is 19.1. The lowest BCUT2D eigenvalue weighted by molar-refractivity contribution is -0.393. The minimum Gasteiger partial charge on any atom is -0.343 e. The van der Waals surface area contributed by atoms with Gasteiger partial charge in [-0.15, -0.1) is 0 Å². The van der Waals surface area contributed by atoms with Crippen molar-refractivity contribution in [2.24, 2.45) is 0 Å². The van der Waals surface area contributed by atoms with Crippen molar-refractivity contribution >= 4 is 0 Å². The highest BCUT2D eigenvalue weighted by Crippen LogP contribution is 2.37. The first-order valence-electron chi connectivity index (χ1n) is 10.1. The Morgan fingerprint density at radius 2 is 1.54 bits per heavy atom. The molecule has 150 valence electrons. The van der Waals surface area contributed by atoms with Crippen LogP contribution in [-0.4, -0.2) is 23.3 Å². The van der Waals surface area contributed by atoms with Crippen LogP contribution in [0.5, 0.6) is 0 Å². The van der Waals surface area contributed by atoms with Crippen LogP contribution in [0.3, 0.4) is 0 Å². The molecule has 1 rings (SSSR count). The second kappa shape index (κ2) is 11.7. The first-order chi connectivity index (χ1) is 12.3. The molecule has 0 bridgehead atoms. The molecule has 1 N–H and O–H groups in total. The van der Waals surface area contributed by atoms with Crippen LogP contribution in [0.25, 0.3) is 0 Å². The summed E-state index contributed by atoms with van der Waals surface area (Å²) in [6.45, 7) is 9.65. The molecule has 0 saturated heterocycles. The number of halogens is 1. The van der Waals surface area contributed by atoms with Gasteiger partial charge in [0.15, 0.2) is 0 Å². The third kappa shape index (κ3) is 8.15. The summed E-state index contributed by atoms with van der Waals surface area (Å²) in [6, 6.07) is 6.39. The molecule has 0 spiro atoms. The molecule has 0 amide bonds. The van der Waals surface area contributed by atoms with Gasteiger partial charge < -0.3 is 14.6 Å². The van der Waals surface area contributed by atoms with Crippen LogP contribution in [0.15, 0.2) is 24.3 Å². The standard InChI is InChI=1S/C22H37FO3/c1-6-7-8-9-10-11-15-21(19-13-12-14-20(23)16-19)22(24,25-17(2)3)26-18(4)5/h12-14,16-18,21,24H,6-11,15H2,1-5H3. The van der Waals surface area contributed by atoms with E-state index in [0.29, 0.717) is 12.0 Å². The molecule has 3 nitrogen and oxygen atoms in total. The third-order valence-corrected chi connectivity index (χ3v) is 4.35. The van der Waals surface area contributed by atoms with Crippen molar-refractivity contribution in [3.8, 4) is 0 Å². The SMILES string of the molecule is CCCCCCCCC(c1cccc(F)c1)C(O)(OC(C)C)OC(C)C. The molecule has 0 aromatic heterocycles. The van der Waals surface area contributed by atoms with E-state index in [9.17, 15) is 9.50 Å². The molecule has 0 fully saturated rings. The monoisotopic (exact) mass is 368 g/mol. The Morgan fingerprint density at radius 3 is 2.08 bits per heavy atom. The number of aliphatic hydroxyl groups is 1. The predicted octanol–water partition coefficient (Wildman–Crippen LogP) is 6.16. The Bertz CT molecular complexity index is 492. The van der Waals surface area contributed by atoms with Gasteiger partial charge in [0.05, 0.1) is 18.1 Å². The molecule has 0 aliphatic rings. The number of hydrogen-bond donors (Lipinski definition) is 1. The van der Waals surface area contributed by atoms with Crippen molar-refractivity contribution in [1.82, 2.24) is 0 Å². The lowest BCUT2D eigenvalue weighted by Gasteiger charge is -2.38. The topological polar surface area (TPSA) is 38.7 Å². The van der Waals surface area contributed by atoms with Crippen molar-refractivity contribution < 1.29 is 19.0 Å². The predicted molar refractivity (Wildman–Crippen MR) is 105 cm³/mol. The lowest BCUT2D eigenvalue weighted by atomic mass is 9.90. The maximum atomic E-state index is 13.8. The number of unbranched alkanes of at least 4 members (excludes halogenated alkanes) is 5. The number of rotatable bonds is 13. The molecule has 1 aromatic rings. The molecule has 1 aromatic carbocycles. The van der Waals surface area contributed by atoms with Crippen molar-refractivity contribution in [3.05, 3.63) is 35.6 Å². The van der Waals surface area contributed by atoms with Gasteiger partial charge in [-0.3, -0.25) is 0 Å². The molecule has 0 saturated carbocycles. The number of ether oxygens (including phenoxy) is 2. The van der Waals surface area contributed by atoms with Gasteiger partial charge in [0.1, 0.15) is 5.82 Å². The van der Waals surface area contributed by atoms with E-state index in [1.165, 1.54) is 37.8 Å². The smallest absolute Gasteiger partial charge is 0.288 e. The Labute approximate surface area is 158 Å². The zero-order valence-corrected chi connectivity index (χ0v) is 17.1. The molecule has 0 radical (unpaired) electrons. The maximum Gasteiger partial charge on any atom is 0.288 e. The zero-order valence-electron chi connectivity index (χ0n) is 17.1. The van der Waals surface area contributed by atoms with Crippen molar-refractivity contribution in [3.63, 3.8) is 0 Å². The molecule has 4 heteroatoms. The number of hydrogen-bond acceptors (Lipinski definition) is 3. The van der Waals surface area contributed by atoms with Gasteiger partial charge >= 0.3 is 0 Å². The number of benzene rings is 1. The summed E-state index contributed by atoms with van der Waals surface area (Å²) in [7, 11) is 0. The van der Waals surface area contributed by atoms with Crippen molar-refractivity contribution in [1.29, 1.82) is 0 Å². The fourth-order valence-corrected chi connectivity index (χ4v) is 3.28. The molecule has 1 atom stereocenters. The summed E-state index contributed by atoms with van der Waals surface area (Å²) in [6.07, 6.45) is 7.18. The first kappa shape index (κ1) is 23.1. The van der Waals surface area contributed by atoms with E-state index < -0.39 is 11.9 Å². The van der Waals surface area contributed by atoms with Gasteiger partial charge in [0.25, 0.3) is 5.97 Å². The zero-order chi connectivity index (χ0) is 19.6. The minimum atomic E-state index is -1.76. The summed E-state index contributed by atoms with van der Waals surface area (Å²) < 4.78 is 25.4. The van der Waals surface area contributed by atoms with Crippen molar-refractivity contribution in [2.75, 3.05) is 0 Å².